The van der Waals surface area contributed by atoms with E-state index in [0.29, 0.717) is 5.17 Å². The monoisotopic (exact) mass is 251 g/mol. The zero-order valence-electron chi connectivity index (χ0n) is 9.05. The van der Waals surface area contributed by atoms with Crippen molar-refractivity contribution < 1.29 is 9.18 Å². The molecule has 6 heteroatoms. The Kier molecular flexibility index (Phi) is 3.53. The predicted octanol–water partition coefficient (Wildman–Crippen LogP) is 1.77. The van der Waals surface area contributed by atoms with Gasteiger partial charge in [-0.1, -0.05) is 23.9 Å². The third kappa shape index (κ3) is 3.13. The molecule has 0 saturated carbocycles. The predicted molar refractivity (Wildman–Crippen MR) is 66.6 cm³/mol. The first kappa shape index (κ1) is 11.8. The van der Waals surface area contributed by atoms with Crippen LogP contribution in [-0.4, -0.2) is 22.5 Å². The summed E-state index contributed by atoms with van der Waals surface area (Å²) in [6.07, 6.45) is 1.50. The molecule has 0 aliphatic carbocycles. The molecule has 1 fully saturated rings. The zero-order chi connectivity index (χ0) is 12.3. The molecule has 1 aromatic carbocycles. The van der Waals surface area contributed by atoms with Crippen LogP contribution >= 0.6 is 11.8 Å². The number of carbonyl (C=O) groups excluding carboxylic acids is 1. The van der Waals surface area contributed by atoms with E-state index in [0.717, 1.165) is 5.56 Å². The van der Waals surface area contributed by atoms with Gasteiger partial charge in [0.05, 0.1) is 11.5 Å². The van der Waals surface area contributed by atoms with Crippen LogP contribution in [0.5, 0.6) is 0 Å². The van der Waals surface area contributed by atoms with E-state index in [2.05, 4.69) is 15.5 Å². The second-order valence-corrected chi connectivity index (χ2v) is 4.78. The van der Waals surface area contributed by atoms with Crippen molar-refractivity contribution in [3.05, 3.63) is 35.6 Å². The van der Waals surface area contributed by atoms with E-state index >= 15 is 0 Å². The molecule has 17 heavy (non-hydrogen) atoms. The van der Waals surface area contributed by atoms with Crippen LogP contribution < -0.4 is 5.32 Å². The maximum atomic E-state index is 12.6. The van der Waals surface area contributed by atoms with E-state index < -0.39 is 0 Å². The number of amidine groups is 1. The quantitative estimate of drug-likeness (QED) is 0.643. The van der Waals surface area contributed by atoms with Crippen molar-refractivity contribution >= 4 is 29.1 Å². The van der Waals surface area contributed by atoms with Gasteiger partial charge in [0.15, 0.2) is 5.17 Å². The summed E-state index contributed by atoms with van der Waals surface area (Å²) in [5.41, 5.74) is 0.748. The summed E-state index contributed by atoms with van der Waals surface area (Å²) in [6.45, 7) is 1.80. The van der Waals surface area contributed by atoms with Gasteiger partial charge in [0.25, 0.3) is 0 Å². The molecule has 1 N–H and O–H groups in total. The van der Waals surface area contributed by atoms with Gasteiger partial charge in [-0.2, -0.15) is 5.10 Å². The number of amides is 1. The number of thioether (sulfide) groups is 1. The van der Waals surface area contributed by atoms with Crippen LogP contribution in [0.4, 0.5) is 4.39 Å². The first-order valence-electron chi connectivity index (χ1n) is 4.99. The summed E-state index contributed by atoms with van der Waals surface area (Å²) in [7, 11) is 0. The van der Waals surface area contributed by atoms with Crippen LogP contribution in [0.1, 0.15) is 12.5 Å². The van der Waals surface area contributed by atoms with Gasteiger partial charge in [0, 0.05) is 0 Å². The number of hydrogen-bond acceptors (Lipinski definition) is 4. The second-order valence-electron chi connectivity index (χ2n) is 3.45. The maximum absolute atomic E-state index is 12.6. The minimum atomic E-state index is -0.291. The molecule has 0 bridgehead atoms. The van der Waals surface area contributed by atoms with Crippen molar-refractivity contribution in [2.24, 2.45) is 10.2 Å². The Balaban J connectivity index is 2.00. The fourth-order valence-corrected chi connectivity index (χ4v) is 1.96. The van der Waals surface area contributed by atoms with Gasteiger partial charge in [-0.25, -0.2) is 4.39 Å². The minimum absolute atomic E-state index is 0.0641. The first-order chi connectivity index (χ1) is 8.15. The molecule has 1 unspecified atom stereocenters. The van der Waals surface area contributed by atoms with Crippen LogP contribution in [0, 0.1) is 5.82 Å². The molecule has 1 saturated heterocycles. The number of carbonyl (C=O) groups is 1. The lowest BCUT2D eigenvalue weighted by Gasteiger charge is -1.91. The summed E-state index contributed by atoms with van der Waals surface area (Å²) >= 11 is 1.33. The largest absolute Gasteiger partial charge is 0.303 e. The number of rotatable bonds is 2. The number of benzene rings is 1. The third-order valence-electron chi connectivity index (χ3n) is 2.11. The molecule has 1 amide bonds. The average Bonchev–Trinajstić information content (AvgIpc) is 2.61. The molecular weight excluding hydrogens is 241 g/mol. The van der Waals surface area contributed by atoms with Gasteiger partial charge in [-0.3, -0.25) is 4.79 Å². The molecule has 1 aliphatic heterocycles. The van der Waals surface area contributed by atoms with Crippen LogP contribution in [-0.2, 0) is 4.79 Å². The highest BCUT2D eigenvalue weighted by Gasteiger charge is 2.25. The maximum Gasteiger partial charge on any atom is 0.239 e. The average molecular weight is 251 g/mol. The lowest BCUT2D eigenvalue weighted by Crippen LogP contribution is -2.23. The fraction of sp³-hybridized carbons (Fsp3) is 0.182. The normalized spacial score (nSPS) is 22.4. The minimum Gasteiger partial charge on any atom is -0.303 e. The Hall–Kier alpha value is -1.69. The number of hydrogen-bond donors (Lipinski definition) is 1. The van der Waals surface area contributed by atoms with Crippen molar-refractivity contribution in [2.45, 2.75) is 12.2 Å². The fourth-order valence-electron chi connectivity index (χ4n) is 1.20. The van der Waals surface area contributed by atoms with E-state index in [1.54, 1.807) is 19.1 Å². The van der Waals surface area contributed by atoms with E-state index in [-0.39, 0.29) is 17.0 Å². The van der Waals surface area contributed by atoms with Gasteiger partial charge in [0.2, 0.25) is 5.91 Å². The SMILES string of the molecule is CC1S/C(=N\N=C\c2ccc(F)cc2)NC1=O. The molecule has 2 rings (SSSR count). The van der Waals surface area contributed by atoms with E-state index in [1.165, 1.54) is 30.1 Å². The summed E-state index contributed by atoms with van der Waals surface area (Å²) in [5.74, 6) is -0.355. The van der Waals surface area contributed by atoms with E-state index in [1.807, 2.05) is 0 Å². The molecule has 4 nitrogen and oxygen atoms in total. The molecule has 0 aromatic heterocycles. The van der Waals surface area contributed by atoms with Gasteiger partial charge in [-0.05, 0) is 24.6 Å². The van der Waals surface area contributed by atoms with E-state index in [9.17, 15) is 9.18 Å². The molecule has 0 spiro atoms. The molecule has 1 aromatic rings. The third-order valence-corrected chi connectivity index (χ3v) is 3.09. The lowest BCUT2D eigenvalue weighted by atomic mass is 10.2. The Labute approximate surface area is 102 Å². The van der Waals surface area contributed by atoms with Gasteiger partial charge >= 0.3 is 0 Å². The summed E-state index contributed by atoms with van der Waals surface area (Å²) < 4.78 is 12.6. The van der Waals surface area contributed by atoms with Crippen LogP contribution in [0.3, 0.4) is 0 Å². The van der Waals surface area contributed by atoms with Crippen molar-refractivity contribution in [1.29, 1.82) is 0 Å². The molecule has 1 atom stereocenters. The van der Waals surface area contributed by atoms with Gasteiger partial charge in [-0.15, -0.1) is 5.10 Å². The zero-order valence-corrected chi connectivity index (χ0v) is 9.87. The highest BCUT2D eigenvalue weighted by molar-refractivity contribution is 8.15. The Morgan fingerprint density at radius 2 is 2.12 bits per heavy atom. The van der Waals surface area contributed by atoms with Gasteiger partial charge < -0.3 is 5.32 Å². The van der Waals surface area contributed by atoms with Crippen molar-refractivity contribution in [3.8, 4) is 0 Å². The van der Waals surface area contributed by atoms with Crippen molar-refractivity contribution in [3.63, 3.8) is 0 Å². The van der Waals surface area contributed by atoms with Crippen LogP contribution in [0.25, 0.3) is 0 Å². The van der Waals surface area contributed by atoms with Crippen molar-refractivity contribution in [1.82, 2.24) is 5.32 Å². The molecular formula is C11H10FN3OS. The second kappa shape index (κ2) is 5.09. The van der Waals surface area contributed by atoms with Crippen molar-refractivity contribution in [2.75, 3.05) is 0 Å². The topological polar surface area (TPSA) is 53.8 Å². The Bertz CT molecular complexity index is 484. The van der Waals surface area contributed by atoms with E-state index in [4.69, 9.17) is 0 Å². The summed E-state index contributed by atoms with van der Waals surface area (Å²) in [5, 5.41) is 10.6. The highest BCUT2D eigenvalue weighted by Crippen LogP contribution is 2.18. The summed E-state index contributed by atoms with van der Waals surface area (Å²) in [6, 6.07) is 5.90. The molecule has 1 heterocycles. The first-order valence-corrected chi connectivity index (χ1v) is 5.87. The molecule has 88 valence electrons. The molecule has 1 aliphatic rings. The number of halogens is 1. The van der Waals surface area contributed by atoms with Crippen LogP contribution in [0.2, 0.25) is 0 Å². The molecule has 0 radical (unpaired) electrons. The highest BCUT2D eigenvalue weighted by atomic mass is 32.2. The van der Waals surface area contributed by atoms with Gasteiger partial charge in [0.1, 0.15) is 5.82 Å². The number of nitrogens with one attached hydrogen (secondary N) is 1. The lowest BCUT2D eigenvalue weighted by molar-refractivity contribution is -0.118. The Morgan fingerprint density at radius 1 is 1.41 bits per heavy atom. The smallest absolute Gasteiger partial charge is 0.239 e. The standard InChI is InChI=1S/C11H10FN3OS/c1-7-10(16)14-11(17-7)15-13-6-8-2-4-9(12)5-3-8/h2-7H,1H3,(H,14,15,16)/b13-6+. The van der Waals surface area contributed by atoms with Crippen LogP contribution in [0.15, 0.2) is 34.5 Å². The Morgan fingerprint density at radius 3 is 2.71 bits per heavy atom. The summed E-state index contributed by atoms with van der Waals surface area (Å²) in [4.78, 5) is 11.1. The number of nitrogens with zero attached hydrogens (tertiary/aromatic N) is 2.